The van der Waals surface area contributed by atoms with Crippen molar-refractivity contribution in [3.8, 4) is 11.5 Å². The first-order chi connectivity index (χ1) is 9.22. The topological polar surface area (TPSA) is 18.5 Å². The summed E-state index contributed by atoms with van der Waals surface area (Å²) in [6, 6.07) is 6.14. The van der Waals surface area contributed by atoms with Crippen molar-refractivity contribution < 1.29 is 9.47 Å². The molecule has 0 amide bonds. The van der Waals surface area contributed by atoms with Crippen molar-refractivity contribution in [1.82, 2.24) is 0 Å². The van der Waals surface area contributed by atoms with Gasteiger partial charge in [0.15, 0.2) is 11.5 Å². The van der Waals surface area contributed by atoms with E-state index in [0.29, 0.717) is 12.5 Å². The second kappa shape index (κ2) is 5.62. The fraction of sp³-hybridized carbons (Fsp3) is 0.625. The lowest BCUT2D eigenvalue weighted by Crippen LogP contribution is -2.13. The van der Waals surface area contributed by atoms with Crippen LogP contribution in [0.3, 0.4) is 0 Å². The van der Waals surface area contributed by atoms with Gasteiger partial charge in [-0.2, -0.15) is 0 Å². The summed E-state index contributed by atoms with van der Waals surface area (Å²) in [5.41, 5.74) is 1.16. The highest BCUT2D eigenvalue weighted by Crippen LogP contribution is 2.40. The zero-order chi connectivity index (χ0) is 13.2. The highest BCUT2D eigenvalue weighted by atomic mass is 35.5. The van der Waals surface area contributed by atoms with Crippen molar-refractivity contribution in [2.24, 2.45) is 11.8 Å². The summed E-state index contributed by atoms with van der Waals surface area (Å²) in [6.45, 7) is 3.57. The number of hydrogen-bond donors (Lipinski definition) is 0. The first-order valence-corrected chi connectivity index (χ1v) is 7.69. The third kappa shape index (κ3) is 3.00. The van der Waals surface area contributed by atoms with Crippen molar-refractivity contribution >= 4 is 11.6 Å². The van der Waals surface area contributed by atoms with Crippen LogP contribution < -0.4 is 9.47 Å². The Labute approximate surface area is 120 Å². The summed E-state index contributed by atoms with van der Waals surface area (Å²) in [5.74, 6) is 2.94. The summed E-state index contributed by atoms with van der Waals surface area (Å²) in [5, 5.41) is 0.0971. The second-order valence-electron chi connectivity index (χ2n) is 5.93. The number of alkyl halides is 1. The second-order valence-corrected chi connectivity index (χ2v) is 6.46. The summed E-state index contributed by atoms with van der Waals surface area (Å²) in [7, 11) is 0. The van der Waals surface area contributed by atoms with Gasteiger partial charge in [-0.1, -0.05) is 32.3 Å². The number of fused-ring (bicyclic) bond motifs is 1. The summed E-state index contributed by atoms with van der Waals surface area (Å²) >= 11 is 6.53. The minimum absolute atomic E-state index is 0.0971. The van der Waals surface area contributed by atoms with Gasteiger partial charge in [0.25, 0.3) is 0 Å². The van der Waals surface area contributed by atoms with Crippen LogP contribution in [-0.4, -0.2) is 13.2 Å². The first kappa shape index (κ1) is 13.1. The monoisotopic (exact) mass is 280 g/mol. The molecule has 104 valence electrons. The smallest absolute Gasteiger partial charge is 0.161 e. The van der Waals surface area contributed by atoms with Gasteiger partial charge < -0.3 is 9.47 Å². The van der Waals surface area contributed by atoms with Gasteiger partial charge in [0.1, 0.15) is 0 Å². The van der Waals surface area contributed by atoms with E-state index in [9.17, 15) is 0 Å². The van der Waals surface area contributed by atoms with Gasteiger partial charge in [0.05, 0.1) is 18.6 Å². The molecule has 1 fully saturated rings. The maximum absolute atomic E-state index is 6.53. The maximum atomic E-state index is 6.53. The fourth-order valence-electron chi connectivity index (χ4n) is 2.62. The Kier molecular flexibility index (Phi) is 3.88. The molecule has 1 saturated carbocycles. The summed E-state index contributed by atoms with van der Waals surface area (Å²) < 4.78 is 11.6. The molecule has 0 N–H and O–H groups in total. The lowest BCUT2D eigenvalue weighted by Gasteiger charge is -2.27. The van der Waals surface area contributed by atoms with Crippen LogP contribution in [0.4, 0.5) is 0 Å². The molecule has 0 aromatic heterocycles. The van der Waals surface area contributed by atoms with E-state index in [1.165, 1.54) is 19.3 Å². The Hall–Kier alpha value is -0.890. The number of benzene rings is 1. The largest absolute Gasteiger partial charge is 0.489 e. The lowest BCUT2D eigenvalue weighted by molar-refractivity contribution is 0.228. The summed E-state index contributed by atoms with van der Waals surface area (Å²) in [6.07, 6.45) is 5.13. The Morgan fingerprint density at radius 1 is 1.21 bits per heavy atom. The molecule has 2 aliphatic rings. The molecule has 2 unspecified atom stereocenters. The molecule has 2 atom stereocenters. The van der Waals surface area contributed by atoms with Crippen LogP contribution >= 0.6 is 11.6 Å². The molecule has 0 saturated heterocycles. The molecular formula is C16H21ClO2. The van der Waals surface area contributed by atoms with Crippen molar-refractivity contribution in [3.05, 3.63) is 23.8 Å². The van der Waals surface area contributed by atoms with Gasteiger partial charge in [-0.15, -0.1) is 11.6 Å². The molecule has 1 aliphatic heterocycles. The molecule has 2 nitrogen and oxygen atoms in total. The van der Waals surface area contributed by atoms with Gasteiger partial charge >= 0.3 is 0 Å². The van der Waals surface area contributed by atoms with Crippen LogP contribution in [-0.2, 0) is 0 Å². The number of rotatable bonds is 3. The Morgan fingerprint density at radius 3 is 2.63 bits per heavy atom. The van der Waals surface area contributed by atoms with E-state index in [0.717, 1.165) is 36.0 Å². The Bertz CT molecular complexity index is 442. The van der Waals surface area contributed by atoms with Crippen molar-refractivity contribution in [2.75, 3.05) is 13.2 Å². The van der Waals surface area contributed by atoms with E-state index in [2.05, 4.69) is 19.1 Å². The van der Waals surface area contributed by atoms with E-state index in [1.54, 1.807) is 0 Å². The van der Waals surface area contributed by atoms with E-state index in [4.69, 9.17) is 21.1 Å². The third-order valence-corrected chi connectivity index (χ3v) is 4.57. The standard InChI is InChI=1S/C16H21ClO2/c1-11-9-18-15-6-5-13(8-16(15)19-10-11)14(17)7-12-3-2-4-12/h5-6,8,11-12,14H,2-4,7,9-10H2,1H3. The van der Waals surface area contributed by atoms with Crippen LogP contribution in [0.25, 0.3) is 0 Å². The van der Waals surface area contributed by atoms with Crippen molar-refractivity contribution in [3.63, 3.8) is 0 Å². The van der Waals surface area contributed by atoms with Gasteiger partial charge in [-0.3, -0.25) is 0 Å². The molecule has 19 heavy (non-hydrogen) atoms. The molecule has 3 heteroatoms. The van der Waals surface area contributed by atoms with E-state index in [-0.39, 0.29) is 5.38 Å². The molecule has 1 aromatic carbocycles. The molecule has 3 rings (SSSR count). The van der Waals surface area contributed by atoms with Crippen LogP contribution in [0.5, 0.6) is 11.5 Å². The molecular weight excluding hydrogens is 260 g/mol. The third-order valence-electron chi connectivity index (χ3n) is 4.14. The Balaban J connectivity index is 1.72. The average Bonchev–Trinajstić information content (AvgIpc) is 2.55. The number of hydrogen-bond acceptors (Lipinski definition) is 2. The normalized spacial score (nSPS) is 24.4. The SMILES string of the molecule is CC1COc2ccc(C(Cl)CC3CCC3)cc2OC1. The van der Waals surface area contributed by atoms with Gasteiger partial charge in [-0.05, 0) is 30.0 Å². The van der Waals surface area contributed by atoms with Gasteiger partial charge in [0.2, 0.25) is 0 Å². The predicted molar refractivity (Wildman–Crippen MR) is 77.1 cm³/mol. The van der Waals surface area contributed by atoms with Crippen LogP contribution in [0.2, 0.25) is 0 Å². The van der Waals surface area contributed by atoms with E-state index < -0.39 is 0 Å². The highest BCUT2D eigenvalue weighted by Gasteiger charge is 2.23. The fourth-order valence-corrected chi connectivity index (χ4v) is 3.01. The maximum Gasteiger partial charge on any atom is 0.161 e. The molecule has 0 bridgehead atoms. The molecule has 1 heterocycles. The Morgan fingerprint density at radius 2 is 1.95 bits per heavy atom. The number of ether oxygens (including phenoxy) is 2. The molecule has 0 radical (unpaired) electrons. The molecule has 1 aromatic rings. The molecule has 0 spiro atoms. The zero-order valence-corrected chi connectivity index (χ0v) is 12.2. The predicted octanol–water partition coefficient (Wildman–Crippen LogP) is 4.56. The van der Waals surface area contributed by atoms with E-state index in [1.807, 2.05) is 6.07 Å². The summed E-state index contributed by atoms with van der Waals surface area (Å²) in [4.78, 5) is 0. The minimum atomic E-state index is 0.0971. The average molecular weight is 281 g/mol. The van der Waals surface area contributed by atoms with Crippen LogP contribution in [0, 0.1) is 11.8 Å². The lowest BCUT2D eigenvalue weighted by atomic mass is 9.81. The van der Waals surface area contributed by atoms with Crippen molar-refractivity contribution in [2.45, 2.75) is 38.0 Å². The van der Waals surface area contributed by atoms with Crippen molar-refractivity contribution in [1.29, 1.82) is 0 Å². The van der Waals surface area contributed by atoms with Crippen LogP contribution in [0.1, 0.15) is 43.5 Å². The highest BCUT2D eigenvalue weighted by molar-refractivity contribution is 6.20. The zero-order valence-electron chi connectivity index (χ0n) is 11.4. The van der Waals surface area contributed by atoms with Gasteiger partial charge in [-0.25, -0.2) is 0 Å². The minimum Gasteiger partial charge on any atom is -0.489 e. The quantitative estimate of drug-likeness (QED) is 0.756. The van der Waals surface area contributed by atoms with Crippen LogP contribution in [0.15, 0.2) is 18.2 Å². The van der Waals surface area contributed by atoms with E-state index >= 15 is 0 Å². The number of halogens is 1. The van der Waals surface area contributed by atoms with Gasteiger partial charge in [0, 0.05) is 5.92 Å². The first-order valence-electron chi connectivity index (χ1n) is 7.26. The molecule has 1 aliphatic carbocycles.